The van der Waals surface area contributed by atoms with E-state index in [1.807, 2.05) is 6.92 Å². The Balaban J connectivity index is 2.18. The molecule has 1 unspecified atom stereocenters. The lowest BCUT2D eigenvalue weighted by Crippen LogP contribution is -2.43. The number of amides is 1. The van der Waals surface area contributed by atoms with Gasteiger partial charge in [-0.1, -0.05) is 49.6 Å². The first kappa shape index (κ1) is 16.7. The molecule has 1 rings (SSSR count). The van der Waals surface area contributed by atoms with Gasteiger partial charge >= 0.3 is 0 Å². The number of hydrogen-bond donors (Lipinski definition) is 2. The monoisotopic (exact) mass is 276 g/mol. The minimum Gasteiger partial charge on any atom is -0.355 e. The van der Waals surface area contributed by atoms with Gasteiger partial charge in [-0.15, -0.1) is 0 Å². The first-order chi connectivity index (χ1) is 9.63. The molecule has 20 heavy (non-hydrogen) atoms. The van der Waals surface area contributed by atoms with E-state index in [0.29, 0.717) is 0 Å². The van der Waals surface area contributed by atoms with Crippen molar-refractivity contribution in [3.63, 3.8) is 0 Å². The van der Waals surface area contributed by atoms with Gasteiger partial charge in [0.15, 0.2) is 0 Å². The number of unbranched alkanes of at least 4 members (excludes halogenated alkanes) is 2. The average molecular weight is 276 g/mol. The van der Waals surface area contributed by atoms with Gasteiger partial charge in [0.05, 0.1) is 6.04 Å². The van der Waals surface area contributed by atoms with E-state index in [-0.39, 0.29) is 11.9 Å². The molecule has 0 spiro atoms. The van der Waals surface area contributed by atoms with Crippen LogP contribution < -0.4 is 10.6 Å². The maximum absolute atomic E-state index is 11.8. The minimum atomic E-state index is -0.124. The van der Waals surface area contributed by atoms with Crippen LogP contribution >= 0.6 is 0 Å². The van der Waals surface area contributed by atoms with E-state index < -0.39 is 0 Å². The fourth-order valence-electron chi connectivity index (χ4n) is 2.13. The molecule has 0 aliphatic rings. The Morgan fingerprint density at radius 2 is 2.05 bits per heavy atom. The Morgan fingerprint density at radius 3 is 2.75 bits per heavy atom. The summed E-state index contributed by atoms with van der Waals surface area (Å²) in [5, 5.41) is 6.25. The molecule has 0 aliphatic heterocycles. The van der Waals surface area contributed by atoms with E-state index in [4.69, 9.17) is 0 Å². The summed E-state index contributed by atoms with van der Waals surface area (Å²) in [7, 11) is 0. The topological polar surface area (TPSA) is 41.1 Å². The second-order valence-corrected chi connectivity index (χ2v) is 5.41. The molecule has 0 fully saturated rings. The highest BCUT2D eigenvalue weighted by Gasteiger charge is 2.10. The highest BCUT2D eigenvalue weighted by Crippen LogP contribution is 2.04. The third kappa shape index (κ3) is 6.71. The molecular weight excluding hydrogens is 248 g/mol. The Kier molecular flexibility index (Phi) is 7.97. The quantitative estimate of drug-likeness (QED) is 0.681. The Hall–Kier alpha value is -1.35. The van der Waals surface area contributed by atoms with Crippen LogP contribution in [0.25, 0.3) is 0 Å². The SMILES string of the molecule is CCCCCNC(=O)C(C)NCCc1cccc(C)c1. The van der Waals surface area contributed by atoms with E-state index in [0.717, 1.165) is 25.9 Å². The van der Waals surface area contributed by atoms with E-state index >= 15 is 0 Å². The summed E-state index contributed by atoms with van der Waals surface area (Å²) in [6.45, 7) is 7.80. The molecule has 112 valence electrons. The molecule has 0 heterocycles. The molecular formula is C17H28N2O. The highest BCUT2D eigenvalue weighted by atomic mass is 16.2. The van der Waals surface area contributed by atoms with Crippen molar-refractivity contribution in [1.29, 1.82) is 0 Å². The van der Waals surface area contributed by atoms with E-state index in [2.05, 4.69) is 48.7 Å². The number of hydrogen-bond acceptors (Lipinski definition) is 2. The zero-order chi connectivity index (χ0) is 14.8. The standard InChI is InChI=1S/C17H28N2O/c1-4-5-6-11-19-17(20)15(3)18-12-10-16-9-7-8-14(2)13-16/h7-9,13,15,18H,4-6,10-12H2,1-3H3,(H,19,20). The summed E-state index contributed by atoms with van der Waals surface area (Å²) >= 11 is 0. The van der Waals surface area contributed by atoms with Crippen LogP contribution in [0.15, 0.2) is 24.3 Å². The van der Waals surface area contributed by atoms with Crippen molar-refractivity contribution >= 4 is 5.91 Å². The summed E-state index contributed by atoms with van der Waals surface area (Å²) in [6.07, 6.45) is 4.38. The van der Waals surface area contributed by atoms with Crippen molar-refractivity contribution in [2.75, 3.05) is 13.1 Å². The zero-order valence-electron chi connectivity index (χ0n) is 13.0. The van der Waals surface area contributed by atoms with Crippen molar-refractivity contribution in [2.45, 2.75) is 52.5 Å². The van der Waals surface area contributed by atoms with E-state index in [9.17, 15) is 4.79 Å². The fraction of sp³-hybridized carbons (Fsp3) is 0.588. The number of carbonyl (C=O) groups is 1. The van der Waals surface area contributed by atoms with Crippen LogP contribution in [0.5, 0.6) is 0 Å². The van der Waals surface area contributed by atoms with E-state index in [1.54, 1.807) is 0 Å². The third-order valence-electron chi connectivity index (χ3n) is 3.42. The Labute approximate surface area is 123 Å². The molecule has 1 atom stereocenters. The molecule has 0 saturated heterocycles. The number of rotatable bonds is 9. The lowest BCUT2D eigenvalue weighted by atomic mass is 10.1. The van der Waals surface area contributed by atoms with Crippen molar-refractivity contribution in [3.8, 4) is 0 Å². The predicted molar refractivity (Wildman–Crippen MR) is 84.9 cm³/mol. The second-order valence-electron chi connectivity index (χ2n) is 5.41. The average Bonchev–Trinajstić information content (AvgIpc) is 2.43. The van der Waals surface area contributed by atoms with Gasteiger partial charge in [0.2, 0.25) is 5.91 Å². The molecule has 3 nitrogen and oxygen atoms in total. The normalized spacial score (nSPS) is 12.2. The fourth-order valence-corrected chi connectivity index (χ4v) is 2.13. The first-order valence-electron chi connectivity index (χ1n) is 7.70. The van der Waals surface area contributed by atoms with Crippen LogP contribution in [0.1, 0.15) is 44.2 Å². The van der Waals surface area contributed by atoms with Gasteiger partial charge in [0, 0.05) is 6.54 Å². The minimum absolute atomic E-state index is 0.102. The molecule has 1 aromatic carbocycles. The third-order valence-corrected chi connectivity index (χ3v) is 3.42. The summed E-state index contributed by atoms with van der Waals surface area (Å²) in [5.41, 5.74) is 2.59. The van der Waals surface area contributed by atoms with Gasteiger partial charge < -0.3 is 10.6 Å². The van der Waals surface area contributed by atoms with Gasteiger partial charge in [-0.05, 0) is 38.8 Å². The van der Waals surface area contributed by atoms with Crippen molar-refractivity contribution in [3.05, 3.63) is 35.4 Å². The van der Waals surface area contributed by atoms with Gasteiger partial charge in [0.25, 0.3) is 0 Å². The lowest BCUT2D eigenvalue weighted by Gasteiger charge is -2.14. The van der Waals surface area contributed by atoms with Gasteiger partial charge in [0.1, 0.15) is 0 Å². The summed E-state index contributed by atoms with van der Waals surface area (Å²) in [4.78, 5) is 11.8. The number of carbonyl (C=O) groups excluding carboxylic acids is 1. The number of nitrogens with one attached hydrogen (secondary N) is 2. The van der Waals surface area contributed by atoms with Crippen LogP contribution in [0.3, 0.4) is 0 Å². The van der Waals surface area contributed by atoms with Crippen molar-refractivity contribution in [1.82, 2.24) is 10.6 Å². The largest absolute Gasteiger partial charge is 0.355 e. The molecule has 3 heteroatoms. The van der Waals surface area contributed by atoms with Crippen LogP contribution in [-0.2, 0) is 11.2 Å². The highest BCUT2D eigenvalue weighted by molar-refractivity contribution is 5.81. The molecule has 0 saturated carbocycles. The second kappa shape index (κ2) is 9.54. The smallest absolute Gasteiger partial charge is 0.236 e. The van der Waals surface area contributed by atoms with Gasteiger partial charge in [-0.2, -0.15) is 0 Å². The predicted octanol–water partition coefficient (Wildman–Crippen LogP) is 2.82. The van der Waals surface area contributed by atoms with Crippen LogP contribution in [0, 0.1) is 6.92 Å². The lowest BCUT2D eigenvalue weighted by molar-refractivity contribution is -0.122. The molecule has 0 aromatic heterocycles. The van der Waals surface area contributed by atoms with Gasteiger partial charge in [-0.25, -0.2) is 0 Å². The molecule has 1 amide bonds. The molecule has 0 aliphatic carbocycles. The molecule has 0 radical (unpaired) electrons. The maximum atomic E-state index is 11.8. The van der Waals surface area contributed by atoms with Crippen molar-refractivity contribution in [2.24, 2.45) is 0 Å². The van der Waals surface area contributed by atoms with E-state index in [1.165, 1.54) is 24.0 Å². The van der Waals surface area contributed by atoms with Crippen molar-refractivity contribution < 1.29 is 4.79 Å². The van der Waals surface area contributed by atoms with Crippen LogP contribution in [0.2, 0.25) is 0 Å². The summed E-state index contributed by atoms with van der Waals surface area (Å²) < 4.78 is 0. The maximum Gasteiger partial charge on any atom is 0.236 e. The summed E-state index contributed by atoms with van der Waals surface area (Å²) in [5.74, 6) is 0.102. The molecule has 1 aromatic rings. The Bertz CT molecular complexity index is 404. The first-order valence-corrected chi connectivity index (χ1v) is 7.70. The summed E-state index contributed by atoms with van der Waals surface area (Å²) in [6, 6.07) is 8.38. The Morgan fingerprint density at radius 1 is 1.25 bits per heavy atom. The molecule has 0 bridgehead atoms. The van der Waals surface area contributed by atoms with Crippen LogP contribution in [-0.4, -0.2) is 25.0 Å². The number of benzene rings is 1. The van der Waals surface area contributed by atoms with Gasteiger partial charge in [-0.3, -0.25) is 4.79 Å². The van der Waals surface area contributed by atoms with Crippen LogP contribution in [0.4, 0.5) is 0 Å². The molecule has 2 N–H and O–H groups in total. The zero-order valence-corrected chi connectivity index (χ0v) is 13.0. The number of aryl methyl sites for hydroxylation is 1.